The molecule has 1 unspecified atom stereocenters. The zero-order valence-electron chi connectivity index (χ0n) is 5.55. The molecule has 0 aliphatic rings. The molecule has 9 heavy (non-hydrogen) atoms. The molecular formula is C5H11NO2S. The van der Waals surface area contributed by atoms with E-state index < -0.39 is 6.10 Å². The van der Waals surface area contributed by atoms with E-state index in [1.165, 1.54) is 11.9 Å². The van der Waals surface area contributed by atoms with Crippen molar-refractivity contribution in [3.63, 3.8) is 0 Å². The van der Waals surface area contributed by atoms with E-state index in [2.05, 4.69) is 4.72 Å². The molecule has 3 nitrogen and oxygen atoms in total. The summed E-state index contributed by atoms with van der Waals surface area (Å²) in [7, 11) is 0. The number of aliphatic hydroxyl groups is 1. The van der Waals surface area contributed by atoms with Crippen molar-refractivity contribution in [3.05, 3.63) is 0 Å². The standard InChI is InChI=1S/C5H11NO2S/c1-3-4(7)5(8)6-9-2/h4,7H,3H2,1-2H3,(H,6,8). The summed E-state index contributed by atoms with van der Waals surface area (Å²) in [4.78, 5) is 10.6. The van der Waals surface area contributed by atoms with E-state index in [0.29, 0.717) is 6.42 Å². The fraction of sp³-hybridized carbons (Fsp3) is 0.800. The molecule has 0 aromatic rings. The van der Waals surface area contributed by atoms with Gasteiger partial charge in [0.05, 0.1) is 0 Å². The van der Waals surface area contributed by atoms with Crippen LogP contribution in [0.3, 0.4) is 0 Å². The Labute approximate surface area is 59.0 Å². The van der Waals surface area contributed by atoms with Crippen molar-refractivity contribution in [3.8, 4) is 0 Å². The van der Waals surface area contributed by atoms with Gasteiger partial charge in [0.15, 0.2) is 0 Å². The van der Waals surface area contributed by atoms with Gasteiger partial charge in [-0.05, 0) is 6.42 Å². The Morgan fingerprint density at radius 1 is 1.89 bits per heavy atom. The van der Waals surface area contributed by atoms with Gasteiger partial charge in [-0.25, -0.2) is 0 Å². The van der Waals surface area contributed by atoms with Gasteiger partial charge in [-0.1, -0.05) is 18.9 Å². The van der Waals surface area contributed by atoms with Gasteiger partial charge < -0.3 is 5.11 Å². The van der Waals surface area contributed by atoms with Gasteiger partial charge in [0, 0.05) is 6.26 Å². The van der Waals surface area contributed by atoms with Crippen LogP contribution in [0.25, 0.3) is 0 Å². The lowest BCUT2D eigenvalue weighted by molar-refractivity contribution is -0.127. The molecule has 0 aliphatic heterocycles. The normalized spacial score (nSPS) is 12.8. The van der Waals surface area contributed by atoms with E-state index in [-0.39, 0.29) is 5.91 Å². The lowest BCUT2D eigenvalue weighted by atomic mass is 10.3. The maximum Gasteiger partial charge on any atom is 0.258 e. The van der Waals surface area contributed by atoms with Crippen molar-refractivity contribution >= 4 is 17.9 Å². The minimum Gasteiger partial charge on any atom is -0.383 e. The predicted octanol–water partition coefficient (Wildman–Crippen LogP) is 0.151. The third kappa shape index (κ3) is 3.37. The van der Waals surface area contributed by atoms with Gasteiger partial charge >= 0.3 is 0 Å². The molecule has 0 fully saturated rings. The second-order valence-electron chi connectivity index (χ2n) is 1.59. The third-order valence-corrected chi connectivity index (χ3v) is 1.30. The van der Waals surface area contributed by atoms with Crippen LogP contribution in [0.2, 0.25) is 0 Å². The third-order valence-electron chi connectivity index (χ3n) is 0.892. The second-order valence-corrected chi connectivity index (χ2v) is 2.21. The average Bonchev–Trinajstić information content (AvgIpc) is 1.87. The highest BCUT2D eigenvalue weighted by Crippen LogP contribution is 1.92. The largest absolute Gasteiger partial charge is 0.383 e. The molecule has 0 saturated carbocycles. The highest BCUT2D eigenvalue weighted by Gasteiger charge is 2.09. The van der Waals surface area contributed by atoms with Crippen LogP contribution in [-0.4, -0.2) is 23.4 Å². The molecule has 2 N–H and O–H groups in total. The molecule has 0 spiro atoms. The SMILES string of the molecule is CCC(O)C(=O)NSC. The molecule has 0 heterocycles. The summed E-state index contributed by atoms with van der Waals surface area (Å²) in [6.45, 7) is 1.75. The number of hydrogen-bond acceptors (Lipinski definition) is 3. The van der Waals surface area contributed by atoms with Gasteiger partial charge in [0.1, 0.15) is 6.10 Å². The summed E-state index contributed by atoms with van der Waals surface area (Å²) in [5.74, 6) is -0.315. The van der Waals surface area contributed by atoms with Crippen LogP contribution in [0.4, 0.5) is 0 Å². The van der Waals surface area contributed by atoms with Crippen molar-refractivity contribution in [2.45, 2.75) is 19.4 Å². The first-order valence-electron chi connectivity index (χ1n) is 2.73. The fourth-order valence-electron chi connectivity index (χ4n) is 0.354. The van der Waals surface area contributed by atoms with E-state index in [1.54, 1.807) is 13.2 Å². The summed E-state index contributed by atoms with van der Waals surface area (Å²) in [6, 6.07) is 0. The Balaban J connectivity index is 3.46. The summed E-state index contributed by atoms with van der Waals surface area (Å²) in [5.41, 5.74) is 0. The lowest BCUT2D eigenvalue weighted by Gasteiger charge is -2.04. The summed E-state index contributed by atoms with van der Waals surface area (Å²) >= 11 is 1.19. The second kappa shape index (κ2) is 4.64. The molecule has 0 aliphatic carbocycles. The van der Waals surface area contributed by atoms with Crippen molar-refractivity contribution in [2.24, 2.45) is 0 Å². The molecule has 0 aromatic heterocycles. The van der Waals surface area contributed by atoms with E-state index >= 15 is 0 Å². The fourth-order valence-corrected chi connectivity index (χ4v) is 0.691. The van der Waals surface area contributed by atoms with Crippen molar-refractivity contribution < 1.29 is 9.90 Å². The molecule has 54 valence electrons. The van der Waals surface area contributed by atoms with Crippen LogP contribution in [0.5, 0.6) is 0 Å². The number of amides is 1. The van der Waals surface area contributed by atoms with Crippen molar-refractivity contribution in [2.75, 3.05) is 6.26 Å². The number of aliphatic hydroxyl groups excluding tert-OH is 1. The minimum atomic E-state index is -0.850. The highest BCUT2D eigenvalue weighted by atomic mass is 32.2. The first kappa shape index (κ1) is 8.78. The topological polar surface area (TPSA) is 49.3 Å². The van der Waals surface area contributed by atoms with E-state index in [4.69, 9.17) is 5.11 Å². The van der Waals surface area contributed by atoms with Crippen molar-refractivity contribution in [1.82, 2.24) is 4.72 Å². The molecule has 0 radical (unpaired) electrons. The summed E-state index contributed by atoms with van der Waals surface area (Å²) in [6.07, 6.45) is 1.35. The van der Waals surface area contributed by atoms with E-state index in [1.807, 2.05) is 0 Å². The summed E-state index contributed by atoms with van der Waals surface area (Å²) < 4.78 is 2.42. The van der Waals surface area contributed by atoms with Crippen molar-refractivity contribution in [1.29, 1.82) is 0 Å². The monoisotopic (exact) mass is 149 g/mol. The highest BCUT2D eigenvalue weighted by molar-refractivity contribution is 7.97. The van der Waals surface area contributed by atoms with Crippen LogP contribution < -0.4 is 4.72 Å². The van der Waals surface area contributed by atoms with Crippen LogP contribution >= 0.6 is 11.9 Å². The van der Waals surface area contributed by atoms with Crippen LogP contribution in [0, 0.1) is 0 Å². The van der Waals surface area contributed by atoms with Gasteiger partial charge in [0.2, 0.25) is 0 Å². The molecule has 1 atom stereocenters. The number of carbonyl (C=O) groups excluding carboxylic acids is 1. The van der Waals surface area contributed by atoms with Crippen LogP contribution in [0.15, 0.2) is 0 Å². The quantitative estimate of drug-likeness (QED) is 0.562. The average molecular weight is 149 g/mol. The maximum absolute atomic E-state index is 10.6. The van der Waals surface area contributed by atoms with Crippen LogP contribution in [0.1, 0.15) is 13.3 Å². The maximum atomic E-state index is 10.6. The first-order chi connectivity index (χ1) is 4.22. The smallest absolute Gasteiger partial charge is 0.258 e. The molecule has 4 heteroatoms. The molecular weight excluding hydrogens is 138 g/mol. The number of nitrogens with one attached hydrogen (secondary N) is 1. The number of hydrogen-bond donors (Lipinski definition) is 2. The number of carbonyl (C=O) groups is 1. The van der Waals surface area contributed by atoms with Gasteiger partial charge in [-0.3, -0.25) is 9.52 Å². The molecule has 0 rings (SSSR count). The first-order valence-corrected chi connectivity index (χ1v) is 3.95. The lowest BCUT2D eigenvalue weighted by Crippen LogP contribution is -2.29. The Morgan fingerprint density at radius 2 is 2.44 bits per heavy atom. The Morgan fingerprint density at radius 3 is 2.78 bits per heavy atom. The van der Waals surface area contributed by atoms with Gasteiger partial charge in [-0.2, -0.15) is 0 Å². The Hall–Kier alpha value is -0.220. The van der Waals surface area contributed by atoms with Gasteiger partial charge in [0.25, 0.3) is 5.91 Å². The number of rotatable bonds is 3. The van der Waals surface area contributed by atoms with E-state index in [9.17, 15) is 4.79 Å². The molecule has 0 aromatic carbocycles. The minimum absolute atomic E-state index is 0.315. The zero-order chi connectivity index (χ0) is 7.28. The van der Waals surface area contributed by atoms with E-state index in [0.717, 1.165) is 0 Å². The Bertz CT molecular complexity index is 97.0. The summed E-state index contributed by atoms with van der Waals surface area (Å²) in [5, 5.41) is 8.83. The molecule has 0 bridgehead atoms. The molecule has 1 amide bonds. The van der Waals surface area contributed by atoms with Crippen LogP contribution in [-0.2, 0) is 4.79 Å². The van der Waals surface area contributed by atoms with Gasteiger partial charge in [-0.15, -0.1) is 0 Å². The predicted molar refractivity (Wildman–Crippen MR) is 38.0 cm³/mol. The zero-order valence-corrected chi connectivity index (χ0v) is 6.36. The Kier molecular flexibility index (Phi) is 4.53. The molecule has 0 saturated heterocycles.